The Morgan fingerprint density at radius 1 is 0.538 bits per heavy atom. The van der Waals surface area contributed by atoms with Crippen LogP contribution in [0.2, 0.25) is 0 Å². The SMILES string of the molecule is CCCCCCCCCCCCCCCCCCC(CCCCCCCCCCCCCCCC)C(=O)OCCc1ccc(Br)c(Nc2ccc(O)c3c2C(=O)c2ccccc2C3=O)c1. The molecule has 0 bridgehead atoms. The van der Waals surface area contributed by atoms with Crippen LogP contribution in [0.3, 0.4) is 0 Å². The Kier molecular flexibility index (Phi) is 27.6. The largest absolute Gasteiger partial charge is 0.507 e. The van der Waals surface area contributed by atoms with E-state index in [1.807, 2.05) is 18.2 Å². The zero-order valence-electron chi connectivity index (χ0n) is 40.8. The van der Waals surface area contributed by atoms with Crippen LogP contribution in [-0.2, 0) is 16.0 Å². The van der Waals surface area contributed by atoms with Crippen LogP contribution in [0.5, 0.6) is 5.75 Å². The second-order valence-corrected chi connectivity index (χ2v) is 20.0. The lowest BCUT2D eigenvalue weighted by Gasteiger charge is -2.22. The van der Waals surface area contributed by atoms with E-state index in [0.717, 1.165) is 35.7 Å². The third-order valence-corrected chi connectivity index (χ3v) is 14.3. The number of fused-ring (bicyclic) bond motifs is 2. The molecule has 1 aliphatic rings. The molecule has 1 aliphatic carbocycles. The maximum atomic E-state index is 13.7. The summed E-state index contributed by atoms with van der Waals surface area (Å²) in [7, 11) is 0. The van der Waals surface area contributed by atoms with Crippen LogP contribution in [-0.4, -0.2) is 29.2 Å². The van der Waals surface area contributed by atoms with Crippen LogP contribution in [0, 0.1) is 5.92 Å². The van der Waals surface area contributed by atoms with Crippen LogP contribution < -0.4 is 5.32 Å². The molecule has 1 atom stereocenters. The van der Waals surface area contributed by atoms with Gasteiger partial charge in [0.2, 0.25) is 0 Å². The van der Waals surface area contributed by atoms with Gasteiger partial charge in [-0.05, 0) is 58.6 Å². The van der Waals surface area contributed by atoms with E-state index >= 15 is 0 Å². The lowest BCUT2D eigenvalue weighted by Crippen LogP contribution is -2.22. The van der Waals surface area contributed by atoms with Crippen LogP contribution in [0.4, 0.5) is 11.4 Å². The quantitative estimate of drug-likeness (QED) is 0.0264. The average molecular weight is 957 g/mol. The molecule has 3 aromatic carbocycles. The highest BCUT2D eigenvalue weighted by Crippen LogP contribution is 2.39. The zero-order chi connectivity index (χ0) is 46.3. The third-order valence-electron chi connectivity index (χ3n) is 13.6. The molecule has 0 spiro atoms. The summed E-state index contributed by atoms with van der Waals surface area (Å²) >= 11 is 3.65. The summed E-state index contributed by atoms with van der Waals surface area (Å²) in [6, 6.07) is 15.7. The fourth-order valence-electron chi connectivity index (χ4n) is 9.57. The lowest BCUT2D eigenvalue weighted by atomic mass is 9.82. The van der Waals surface area contributed by atoms with Crippen molar-refractivity contribution in [2.75, 3.05) is 11.9 Å². The lowest BCUT2D eigenvalue weighted by molar-refractivity contribution is -0.149. The Bertz CT molecular complexity index is 1820. The van der Waals surface area contributed by atoms with Crippen molar-refractivity contribution in [1.82, 2.24) is 0 Å². The minimum atomic E-state index is -0.372. The summed E-state index contributed by atoms with van der Waals surface area (Å²) in [6.45, 7) is 4.86. The van der Waals surface area contributed by atoms with Crippen molar-refractivity contribution in [3.8, 4) is 5.75 Å². The number of carbonyl (C=O) groups excluding carboxylic acids is 3. The van der Waals surface area contributed by atoms with E-state index in [1.54, 1.807) is 30.3 Å². The van der Waals surface area contributed by atoms with Gasteiger partial charge in [0.15, 0.2) is 11.6 Å². The molecule has 0 aromatic heterocycles. The molecular formula is C58H86BrNO5. The van der Waals surface area contributed by atoms with Gasteiger partial charge >= 0.3 is 5.97 Å². The van der Waals surface area contributed by atoms with Gasteiger partial charge in [0, 0.05) is 22.0 Å². The summed E-state index contributed by atoms with van der Waals surface area (Å²) in [5.74, 6) is -1.01. The number of phenolic OH excluding ortho intramolecular Hbond substituents is 1. The summed E-state index contributed by atoms with van der Waals surface area (Å²) in [6.07, 6.45) is 42.4. The van der Waals surface area contributed by atoms with Gasteiger partial charge < -0.3 is 15.2 Å². The number of halogens is 1. The number of ether oxygens (including phenoxy) is 1. The molecule has 0 saturated carbocycles. The van der Waals surface area contributed by atoms with E-state index in [9.17, 15) is 19.5 Å². The van der Waals surface area contributed by atoms with Crippen molar-refractivity contribution in [3.05, 3.63) is 86.9 Å². The molecule has 0 radical (unpaired) electrons. The molecule has 0 saturated heterocycles. The molecule has 0 heterocycles. The Balaban J connectivity index is 1.20. The first-order valence-electron chi connectivity index (χ1n) is 26.6. The maximum Gasteiger partial charge on any atom is 0.308 e. The second kappa shape index (κ2) is 33.1. The minimum absolute atomic E-state index is 0.0149. The Hall–Kier alpha value is -3.45. The number of hydrogen-bond donors (Lipinski definition) is 2. The number of rotatable bonds is 38. The van der Waals surface area contributed by atoms with Gasteiger partial charge in [-0.1, -0.05) is 237 Å². The molecule has 2 N–H and O–H groups in total. The molecule has 360 valence electrons. The number of ketones is 2. The van der Waals surface area contributed by atoms with Crippen LogP contribution in [0.25, 0.3) is 0 Å². The fraction of sp³-hybridized carbons (Fsp3) is 0.638. The van der Waals surface area contributed by atoms with Crippen molar-refractivity contribution < 1.29 is 24.2 Å². The topological polar surface area (TPSA) is 92.7 Å². The number of benzene rings is 3. The van der Waals surface area contributed by atoms with E-state index in [-0.39, 0.29) is 40.3 Å². The fourth-order valence-corrected chi connectivity index (χ4v) is 9.92. The first kappa shape index (κ1) is 54.2. The molecule has 3 aromatic rings. The molecule has 65 heavy (non-hydrogen) atoms. The number of aromatic hydroxyl groups is 1. The number of unbranched alkanes of at least 4 members (excludes halogenated alkanes) is 28. The average Bonchev–Trinajstić information content (AvgIpc) is 3.31. The number of phenols is 1. The summed E-state index contributed by atoms with van der Waals surface area (Å²) in [4.78, 5) is 40.7. The Labute approximate surface area is 403 Å². The smallest absolute Gasteiger partial charge is 0.308 e. The predicted molar refractivity (Wildman–Crippen MR) is 276 cm³/mol. The highest BCUT2D eigenvalue weighted by Gasteiger charge is 2.34. The van der Waals surface area contributed by atoms with Gasteiger partial charge in [-0.2, -0.15) is 0 Å². The summed E-state index contributed by atoms with van der Waals surface area (Å²) in [5, 5.41) is 14.0. The van der Waals surface area contributed by atoms with Gasteiger partial charge in [-0.3, -0.25) is 14.4 Å². The highest BCUT2D eigenvalue weighted by atomic mass is 79.9. The van der Waals surface area contributed by atoms with Gasteiger partial charge in [0.05, 0.1) is 35.0 Å². The standard InChI is InChI=1S/C58H86BrNO5/c1-3-5-7-9-11-13-15-17-19-20-22-24-26-28-30-32-36-47(35-31-29-27-25-23-21-18-16-14-12-10-8-6-4-2)58(64)65-44-43-46-39-40-50(59)52(45-46)60-51-41-42-53(61)55-54(51)56(62)48-37-33-34-38-49(48)57(55)63/h33-34,37-42,45,47,60-61H,3-32,35-36,43-44H2,1-2H3. The van der Waals surface area contributed by atoms with Crippen molar-refractivity contribution in [2.45, 2.75) is 226 Å². The first-order chi connectivity index (χ1) is 31.8. The van der Waals surface area contributed by atoms with Crippen LogP contribution in [0.15, 0.2) is 59.1 Å². The van der Waals surface area contributed by atoms with Gasteiger partial charge in [-0.15, -0.1) is 0 Å². The van der Waals surface area contributed by atoms with Gasteiger partial charge in [0.1, 0.15) is 5.75 Å². The van der Waals surface area contributed by atoms with E-state index in [0.29, 0.717) is 35.5 Å². The molecule has 0 amide bonds. The summed E-state index contributed by atoms with van der Waals surface area (Å²) in [5.41, 5.74) is 2.92. The number of nitrogens with one attached hydrogen (secondary N) is 1. The predicted octanol–water partition coefficient (Wildman–Crippen LogP) is 17.9. The molecule has 7 heteroatoms. The van der Waals surface area contributed by atoms with Crippen LogP contribution >= 0.6 is 15.9 Å². The van der Waals surface area contributed by atoms with Crippen molar-refractivity contribution in [1.29, 1.82) is 0 Å². The van der Waals surface area contributed by atoms with Crippen molar-refractivity contribution >= 4 is 44.8 Å². The number of hydrogen-bond acceptors (Lipinski definition) is 6. The zero-order valence-corrected chi connectivity index (χ0v) is 42.4. The number of anilines is 2. The minimum Gasteiger partial charge on any atom is -0.507 e. The van der Waals surface area contributed by atoms with E-state index in [4.69, 9.17) is 4.74 Å². The maximum absolute atomic E-state index is 13.7. The van der Waals surface area contributed by atoms with Gasteiger partial charge in [0.25, 0.3) is 0 Å². The Morgan fingerprint density at radius 3 is 1.40 bits per heavy atom. The molecule has 0 aliphatic heterocycles. The van der Waals surface area contributed by atoms with Crippen molar-refractivity contribution in [2.24, 2.45) is 5.92 Å². The molecule has 4 rings (SSSR count). The second-order valence-electron chi connectivity index (χ2n) is 19.1. The summed E-state index contributed by atoms with van der Waals surface area (Å²) < 4.78 is 6.79. The molecule has 1 unspecified atom stereocenters. The van der Waals surface area contributed by atoms with Gasteiger partial charge in [-0.25, -0.2) is 0 Å². The molecular weight excluding hydrogens is 871 g/mol. The first-order valence-corrected chi connectivity index (χ1v) is 27.4. The van der Waals surface area contributed by atoms with E-state index < -0.39 is 0 Å². The van der Waals surface area contributed by atoms with E-state index in [2.05, 4.69) is 35.1 Å². The number of carbonyl (C=O) groups is 3. The van der Waals surface area contributed by atoms with Crippen molar-refractivity contribution in [3.63, 3.8) is 0 Å². The third kappa shape index (κ3) is 20.1. The molecule has 6 nitrogen and oxygen atoms in total. The van der Waals surface area contributed by atoms with E-state index in [1.165, 1.54) is 186 Å². The highest BCUT2D eigenvalue weighted by molar-refractivity contribution is 9.10. The Morgan fingerprint density at radius 2 is 0.954 bits per heavy atom. The monoisotopic (exact) mass is 956 g/mol. The number of esters is 1. The molecule has 0 fully saturated rings. The van der Waals surface area contributed by atoms with Crippen LogP contribution in [0.1, 0.15) is 257 Å². The normalized spacial score (nSPS) is 12.6.